The Bertz CT molecular complexity index is 914. The second-order valence-electron chi connectivity index (χ2n) is 6.11. The third-order valence-electron chi connectivity index (χ3n) is 3.95. The number of halogens is 1. The van der Waals surface area contributed by atoms with Crippen LogP contribution in [0.3, 0.4) is 0 Å². The minimum Gasteiger partial charge on any atom is -0.504 e. The van der Waals surface area contributed by atoms with E-state index >= 15 is 0 Å². The molecule has 27 heavy (non-hydrogen) atoms. The number of aliphatic hydroxyl groups excluding tert-OH is 1. The monoisotopic (exact) mass is 397 g/mol. The zero-order valence-electron chi connectivity index (χ0n) is 14.5. The largest absolute Gasteiger partial charge is 0.504 e. The fourth-order valence-corrected chi connectivity index (χ4v) is 3.10. The van der Waals surface area contributed by atoms with E-state index in [4.69, 9.17) is 0 Å². The molecule has 0 aliphatic rings. The molecule has 2 aromatic carbocycles. The average Bonchev–Trinajstić information content (AvgIpc) is 2.61. The molecule has 146 valence electrons. The van der Waals surface area contributed by atoms with Gasteiger partial charge in [0.15, 0.2) is 21.3 Å². The summed E-state index contributed by atoms with van der Waals surface area (Å²) in [6.07, 6.45) is -0.519. The lowest BCUT2D eigenvalue weighted by Gasteiger charge is -2.22. The summed E-state index contributed by atoms with van der Waals surface area (Å²) in [6, 6.07) is 7.94. The van der Waals surface area contributed by atoms with Gasteiger partial charge in [0.2, 0.25) is 5.91 Å². The second-order valence-corrected chi connectivity index (χ2v) is 8.13. The van der Waals surface area contributed by atoms with Crippen LogP contribution in [-0.2, 0) is 21.1 Å². The van der Waals surface area contributed by atoms with Gasteiger partial charge in [-0.2, -0.15) is 0 Å². The van der Waals surface area contributed by atoms with E-state index in [1.165, 1.54) is 42.5 Å². The lowest BCUT2D eigenvalue weighted by Crippen LogP contribution is -2.41. The molecule has 0 radical (unpaired) electrons. The van der Waals surface area contributed by atoms with Gasteiger partial charge in [-0.25, -0.2) is 12.8 Å². The smallest absolute Gasteiger partial charge is 0.224 e. The van der Waals surface area contributed by atoms with Gasteiger partial charge in [0.1, 0.15) is 12.8 Å². The van der Waals surface area contributed by atoms with Crippen molar-refractivity contribution in [3.63, 3.8) is 0 Å². The molecular weight excluding hydrogens is 377 g/mol. The summed E-state index contributed by atoms with van der Waals surface area (Å²) in [6.45, 7) is -1.04. The fourth-order valence-electron chi connectivity index (χ4n) is 2.47. The third-order valence-corrected chi connectivity index (χ3v) is 5.08. The molecule has 2 aromatic rings. The number of rotatable bonds is 7. The fraction of sp³-hybridized carbons (Fsp3) is 0.278. The Hall–Kier alpha value is -2.65. The molecule has 0 spiro atoms. The molecule has 2 rings (SSSR count). The molecule has 2 atom stereocenters. The van der Waals surface area contributed by atoms with E-state index in [0.29, 0.717) is 5.56 Å². The predicted molar refractivity (Wildman–Crippen MR) is 95.9 cm³/mol. The van der Waals surface area contributed by atoms with Crippen LogP contribution in [0.25, 0.3) is 0 Å². The first-order valence-corrected chi connectivity index (χ1v) is 9.85. The Labute approximate surface area is 156 Å². The van der Waals surface area contributed by atoms with Crippen LogP contribution in [0.5, 0.6) is 11.5 Å². The van der Waals surface area contributed by atoms with Crippen LogP contribution in [-0.4, -0.2) is 48.6 Å². The number of hydrogen-bond acceptors (Lipinski definition) is 6. The van der Waals surface area contributed by atoms with Crippen molar-refractivity contribution in [1.29, 1.82) is 0 Å². The van der Waals surface area contributed by atoms with Crippen LogP contribution >= 0.6 is 0 Å². The van der Waals surface area contributed by atoms with Gasteiger partial charge in [-0.15, -0.1) is 0 Å². The number of amides is 1. The van der Waals surface area contributed by atoms with Gasteiger partial charge in [0.05, 0.1) is 17.4 Å². The first-order valence-electron chi connectivity index (χ1n) is 7.96. The normalized spacial score (nSPS) is 13.7. The van der Waals surface area contributed by atoms with Gasteiger partial charge in [0.25, 0.3) is 0 Å². The molecule has 0 aliphatic heterocycles. The number of benzene rings is 2. The number of hydrogen-bond donors (Lipinski definition) is 4. The molecule has 0 heterocycles. The van der Waals surface area contributed by atoms with E-state index in [1.54, 1.807) is 0 Å². The number of carbonyl (C=O) groups is 1. The number of phenolic OH excluding ortho intramolecular Hbond substituents is 2. The summed E-state index contributed by atoms with van der Waals surface area (Å²) >= 11 is 0. The van der Waals surface area contributed by atoms with E-state index in [1.807, 2.05) is 0 Å². The Morgan fingerprint density at radius 2 is 1.74 bits per heavy atom. The topological polar surface area (TPSA) is 124 Å². The molecule has 0 fully saturated rings. The first-order chi connectivity index (χ1) is 12.6. The molecule has 2 unspecified atom stereocenters. The SMILES string of the molecule is CS(=O)(=O)c1ccc(C(O)C(CF)NC(=O)Cc2ccc(O)c(O)c2)cc1. The van der Waals surface area contributed by atoms with E-state index in [-0.39, 0.29) is 28.4 Å². The lowest BCUT2D eigenvalue weighted by atomic mass is 10.0. The maximum atomic E-state index is 13.3. The first kappa shape index (κ1) is 20.7. The van der Waals surface area contributed by atoms with Crippen molar-refractivity contribution in [3.05, 3.63) is 53.6 Å². The van der Waals surface area contributed by atoms with Crippen molar-refractivity contribution in [3.8, 4) is 11.5 Å². The van der Waals surface area contributed by atoms with Crippen molar-refractivity contribution in [2.24, 2.45) is 0 Å². The summed E-state index contributed by atoms with van der Waals surface area (Å²) in [5, 5.41) is 31.4. The number of nitrogens with one attached hydrogen (secondary N) is 1. The zero-order chi connectivity index (χ0) is 20.2. The third kappa shape index (κ3) is 5.41. The Kier molecular flexibility index (Phi) is 6.40. The molecule has 0 saturated carbocycles. The van der Waals surface area contributed by atoms with Crippen LogP contribution in [0.4, 0.5) is 4.39 Å². The van der Waals surface area contributed by atoms with Gasteiger partial charge >= 0.3 is 0 Å². The zero-order valence-corrected chi connectivity index (χ0v) is 15.3. The highest BCUT2D eigenvalue weighted by atomic mass is 32.2. The summed E-state index contributed by atoms with van der Waals surface area (Å²) in [5.74, 6) is -1.29. The average molecular weight is 397 g/mol. The van der Waals surface area contributed by atoms with Gasteiger partial charge in [-0.05, 0) is 35.4 Å². The molecule has 9 heteroatoms. The van der Waals surface area contributed by atoms with Gasteiger partial charge in [-0.1, -0.05) is 18.2 Å². The summed E-state index contributed by atoms with van der Waals surface area (Å²) < 4.78 is 36.2. The summed E-state index contributed by atoms with van der Waals surface area (Å²) in [7, 11) is -3.39. The molecule has 0 aromatic heterocycles. The van der Waals surface area contributed by atoms with Crippen LogP contribution in [0, 0.1) is 0 Å². The van der Waals surface area contributed by atoms with Gasteiger partial charge < -0.3 is 20.6 Å². The molecule has 0 saturated heterocycles. The Balaban J connectivity index is 2.06. The molecular formula is C18H20FNO6S. The van der Waals surface area contributed by atoms with Crippen molar-refractivity contribution in [2.75, 3.05) is 12.9 Å². The van der Waals surface area contributed by atoms with Crippen molar-refractivity contribution >= 4 is 15.7 Å². The standard InChI is InChI=1S/C18H20FNO6S/c1-27(25,26)13-5-3-12(4-6-13)18(24)14(10-19)20-17(23)9-11-2-7-15(21)16(22)8-11/h2-8,14,18,21-22,24H,9-10H2,1H3,(H,20,23). The highest BCUT2D eigenvalue weighted by Crippen LogP contribution is 2.25. The number of aromatic hydroxyl groups is 2. The van der Waals surface area contributed by atoms with Gasteiger partial charge in [-0.3, -0.25) is 4.79 Å². The molecule has 0 aliphatic carbocycles. The minimum atomic E-state index is -3.39. The number of phenols is 2. The quantitative estimate of drug-likeness (QED) is 0.521. The van der Waals surface area contributed by atoms with E-state index < -0.39 is 34.6 Å². The maximum Gasteiger partial charge on any atom is 0.224 e. The minimum absolute atomic E-state index is 0.0615. The second kappa shape index (κ2) is 8.36. The molecule has 1 amide bonds. The van der Waals surface area contributed by atoms with Crippen molar-refractivity contribution in [1.82, 2.24) is 5.32 Å². The molecule has 0 bridgehead atoms. The number of alkyl halides is 1. The highest BCUT2D eigenvalue weighted by molar-refractivity contribution is 7.90. The highest BCUT2D eigenvalue weighted by Gasteiger charge is 2.23. The number of sulfone groups is 1. The predicted octanol–water partition coefficient (Wildman–Crippen LogP) is 1.23. The Morgan fingerprint density at radius 1 is 1.11 bits per heavy atom. The van der Waals surface area contributed by atoms with Gasteiger partial charge in [0, 0.05) is 6.26 Å². The van der Waals surface area contributed by atoms with E-state index in [0.717, 1.165) is 6.26 Å². The number of aliphatic hydroxyl groups is 1. The number of carbonyl (C=O) groups excluding carboxylic acids is 1. The Morgan fingerprint density at radius 3 is 2.26 bits per heavy atom. The summed E-state index contributed by atoms with van der Waals surface area (Å²) in [5.41, 5.74) is 0.653. The lowest BCUT2D eigenvalue weighted by molar-refractivity contribution is -0.122. The van der Waals surface area contributed by atoms with Crippen molar-refractivity contribution < 1.29 is 32.9 Å². The summed E-state index contributed by atoms with van der Waals surface area (Å²) in [4.78, 5) is 12.1. The van der Waals surface area contributed by atoms with Crippen LogP contribution in [0.2, 0.25) is 0 Å². The van der Waals surface area contributed by atoms with Crippen molar-refractivity contribution in [2.45, 2.75) is 23.5 Å². The molecule has 4 N–H and O–H groups in total. The maximum absolute atomic E-state index is 13.3. The van der Waals surface area contributed by atoms with E-state index in [9.17, 15) is 32.9 Å². The van der Waals surface area contributed by atoms with Crippen LogP contribution in [0.1, 0.15) is 17.2 Å². The van der Waals surface area contributed by atoms with Crippen LogP contribution in [0.15, 0.2) is 47.4 Å². The molecule has 7 nitrogen and oxygen atoms in total. The van der Waals surface area contributed by atoms with Crippen LogP contribution < -0.4 is 5.32 Å². The van der Waals surface area contributed by atoms with E-state index in [2.05, 4.69) is 5.32 Å².